The van der Waals surface area contributed by atoms with Gasteiger partial charge in [-0.1, -0.05) is 0 Å². The second-order valence-corrected chi connectivity index (χ2v) is 0.781. The molecule has 0 saturated carbocycles. The summed E-state index contributed by atoms with van der Waals surface area (Å²) in [5.74, 6) is 0. The Bertz CT molecular complexity index is 19.2. The van der Waals surface area contributed by atoms with Crippen molar-refractivity contribution in [3.05, 3.63) is 0 Å². The molecule has 0 spiro atoms. The fourth-order valence-corrected chi connectivity index (χ4v) is 0.204. The molecule has 1 nitrogen and oxygen atoms in total. The van der Waals surface area contributed by atoms with Crippen LogP contribution in [0.3, 0.4) is 0 Å². The molecule has 0 fully saturated rings. The molecule has 0 heterocycles. The normalized spacial score (nSPS) is 6.00. The van der Waals surface area contributed by atoms with Gasteiger partial charge in [-0.2, -0.15) is 0 Å². The van der Waals surface area contributed by atoms with Crippen LogP contribution in [0.25, 0.3) is 0 Å². The third-order valence-electron chi connectivity index (χ3n) is 0.408. The van der Waals surface area contributed by atoms with Gasteiger partial charge in [0, 0.05) is 13.2 Å². The summed E-state index contributed by atoms with van der Waals surface area (Å²) in [6.45, 7) is 5.67. The molecule has 0 aromatic heterocycles. The summed E-state index contributed by atoms with van der Waals surface area (Å²) in [6.07, 6.45) is 0. The average molecular weight is 137 g/mol. The van der Waals surface area contributed by atoms with Crippen molar-refractivity contribution in [1.82, 2.24) is 0 Å². The van der Waals surface area contributed by atoms with Crippen LogP contribution in [0.2, 0.25) is 0 Å². The zero-order valence-electron chi connectivity index (χ0n) is 4.78. The predicted octanol–water partition coefficient (Wildman–Crippen LogP) is -2.33. The Kier molecular flexibility index (Phi) is 35.4. The van der Waals surface area contributed by atoms with Gasteiger partial charge in [-0.3, -0.25) is 0 Å². The van der Waals surface area contributed by atoms with E-state index in [1.165, 1.54) is 0 Å². The Morgan fingerprint density at radius 3 is 1.43 bits per heavy atom. The van der Waals surface area contributed by atoms with Crippen LogP contribution in [0.1, 0.15) is 13.8 Å². The maximum Gasteiger partial charge on any atom is 3.00 e. The quantitative estimate of drug-likeness (QED) is 0.387. The number of rotatable bonds is 2. The van der Waals surface area contributed by atoms with Crippen molar-refractivity contribution in [2.45, 2.75) is 13.8 Å². The molecule has 0 atom stereocenters. The van der Waals surface area contributed by atoms with Crippen LogP contribution < -0.4 is 12.4 Å². The molecule has 3 heteroatoms. The number of hydrogen-bond acceptors (Lipinski definition) is 1. The van der Waals surface area contributed by atoms with Crippen LogP contribution in [-0.2, 0) is 4.74 Å². The molecule has 40 valence electrons. The first-order valence-corrected chi connectivity index (χ1v) is 1.99. The average Bonchev–Trinajstić information content (AvgIpc) is 1.41. The van der Waals surface area contributed by atoms with Gasteiger partial charge in [0.1, 0.15) is 0 Å². The summed E-state index contributed by atoms with van der Waals surface area (Å²) in [5.41, 5.74) is 0. The Morgan fingerprint density at radius 2 is 1.43 bits per heavy atom. The minimum Gasteiger partial charge on any atom is -1.00 e. The van der Waals surface area contributed by atoms with Crippen LogP contribution in [-0.4, -0.2) is 30.6 Å². The Balaban J connectivity index is -0.0000000800. The number of ether oxygens (including phenoxy) is 1. The summed E-state index contributed by atoms with van der Waals surface area (Å²) >= 11 is 0. The standard InChI is InChI=1S/C4H10O.Al.ClH/c1-3-5-4-2;;/h3-4H2,1-2H3;;1H/q;+3;/p-1. The summed E-state index contributed by atoms with van der Waals surface area (Å²) in [5, 5.41) is 0. The van der Waals surface area contributed by atoms with E-state index in [9.17, 15) is 0 Å². The van der Waals surface area contributed by atoms with Crippen molar-refractivity contribution < 1.29 is 17.1 Å². The van der Waals surface area contributed by atoms with Crippen LogP contribution in [0.4, 0.5) is 0 Å². The van der Waals surface area contributed by atoms with Crippen molar-refractivity contribution >= 4 is 17.4 Å². The Hall–Kier alpha value is 0.782. The van der Waals surface area contributed by atoms with E-state index in [1.807, 2.05) is 13.8 Å². The van der Waals surface area contributed by atoms with Crippen molar-refractivity contribution in [3.63, 3.8) is 0 Å². The molecular formula is C4H10AlClO+2. The van der Waals surface area contributed by atoms with Crippen molar-refractivity contribution in [2.24, 2.45) is 0 Å². The monoisotopic (exact) mass is 136 g/mol. The fourth-order valence-electron chi connectivity index (χ4n) is 0.204. The molecule has 0 saturated heterocycles. The molecular weight excluding hydrogens is 126 g/mol. The van der Waals surface area contributed by atoms with Crippen LogP contribution in [0, 0.1) is 0 Å². The molecule has 0 unspecified atom stereocenters. The molecule has 0 aromatic carbocycles. The predicted molar refractivity (Wildman–Crippen MR) is 27.9 cm³/mol. The van der Waals surface area contributed by atoms with E-state index in [2.05, 4.69) is 0 Å². The summed E-state index contributed by atoms with van der Waals surface area (Å²) in [4.78, 5) is 0. The first-order valence-electron chi connectivity index (χ1n) is 1.99. The minimum atomic E-state index is 0. The van der Waals surface area contributed by atoms with Crippen molar-refractivity contribution in [1.29, 1.82) is 0 Å². The maximum atomic E-state index is 4.83. The first-order chi connectivity index (χ1) is 2.41. The van der Waals surface area contributed by atoms with Gasteiger partial charge in [0.05, 0.1) is 0 Å². The largest absolute Gasteiger partial charge is 3.00 e. The second-order valence-electron chi connectivity index (χ2n) is 0.781. The van der Waals surface area contributed by atoms with Crippen LogP contribution in [0.5, 0.6) is 0 Å². The van der Waals surface area contributed by atoms with E-state index < -0.39 is 0 Å². The fraction of sp³-hybridized carbons (Fsp3) is 1.00. The topological polar surface area (TPSA) is 9.23 Å². The minimum absolute atomic E-state index is 0. The van der Waals surface area contributed by atoms with Crippen molar-refractivity contribution in [3.8, 4) is 0 Å². The van der Waals surface area contributed by atoms with E-state index in [1.54, 1.807) is 0 Å². The Labute approximate surface area is 62.0 Å². The molecule has 7 heavy (non-hydrogen) atoms. The smallest absolute Gasteiger partial charge is 1.00 e. The third kappa shape index (κ3) is 20.0. The van der Waals surface area contributed by atoms with Gasteiger partial charge in [0.15, 0.2) is 0 Å². The number of hydrogen-bond donors (Lipinski definition) is 0. The van der Waals surface area contributed by atoms with Crippen molar-refractivity contribution in [2.75, 3.05) is 13.2 Å². The van der Waals surface area contributed by atoms with Gasteiger partial charge in [0.25, 0.3) is 0 Å². The zero-order valence-corrected chi connectivity index (χ0v) is 6.69. The molecule has 0 aromatic rings. The SMILES string of the molecule is CCOCC.[Al+3].[Cl-]. The summed E-state index contributed by atoms with van der Waals surface area (Å²) < 4.78 is 4.83. The van der Waals surface area contributed by atoms with E-state index >= 15 is 0 Å². The van der Waals surface area contributed by atoms with Gasteiger partial charge in [0.2, 0.25) is 0 Å². The van der Waals surface area contributed by atoms with Gasteiger partial charge < -0.3 is 17.1 Å². The Morgan fingerprint density at radius 1 is 1.14 bits per heavy atom. The van der Waals surface area contributed by atoms with Gasteiger partial charge in [-0.15, -0.1) is 0 Å². The molecule has 0 rings (SSSR count). The van der Waals surface area contributed by atoms with Crippen LogP contribution in [0.15, 0.2) is 0 Å². The second kappa shape index (κ2) is 15.9. The zero-order chi connectivity index (χ0) is 4.12. The molecule has 0 aliphatic rings. The third-order valence-corrected chi connectivity index (χ3v) is 0.408. The van der Waals surface area contributed by atoms with Gasteiger partial charge in [-0.25, -0.2) is 0 Å². The molecule has 0 aliphatic heterocycles. The van der Waals surface area contributed by atoms with Gasteiger partial charge in [-0.05, 0) is 13.8 Å². The first kappa shape index (κ1) is 15.7. The molecule has 0 bridgehead atoms. The molecule has 0 radical (unpaired) electrons. The number of halogens is 1. The molecule has 0 N–H and O–H groups in total. The van der Waals surface area contributed by atoms with Gasteiger partial charge >= 0.3 is 17.4 Å². The van der Waals surface area contributed by atoms with Crippen LogP contribution >= 0.6 is 0 Å². The van der Waals surface area contributed by atoms with E-state index in [-0.39, 0.29) is 29.8 Å². The van der Waals surface area contributed by atoms with E-state index in [4.69, 9.17) is 4.74 Å². The maximum absolute atomic E-state index is 4.83. The van der Waals surface area contributed by atoms with E-state index in [0.717, 1.165) is 13.2 Å². The molecule has 0 aliphatic carbocycles. The molecule has 0 amide bonds. The van der Waals surface area contributed by atoms with E-state index in [0.29, 0.717) is 0 Å². The summed E-state index contributed by atoms with van der Waals surface area (Å²) in [7, 11) is 0. The summed E-state index contributed by atoms with van der Waals surface area (Å²) in [6, 6.07) is 0.